The molecule has 18 heavy (non-hydrogen) atoms. The maximum absolute atomic E-state index is 12.0. The van der Waals surface area contributed by atoms with Crippen molar-refractivity contribution >= 4 is 12.0 Å². The van der Waals surface area contributed by atoms with Gasteiger partial charge in [-0.3, -0.25) is 0 Å². The van der Waals surface area contributed by atoms with Crippen LogP contribution in [0.25, 0.3) is 0 Å². The number of hydrogen-bond acceptors (Lipinski definition) is 4. The van der Waals surface area contributed by atoms with Crippen molar-refractivity contribution in [2.75, 3.05) is 20.1 Å². The van der Waals surface area contributed by atoms with Crippen LogP contribution in [0.1, 0.15) is 19.8 Å². The second kappa shape index (κ2) is 6.01. The molecule has 1 heterocycles. The monoisotopic (exact) mass is 260 g/mol. The van der Waals surface area contributed by atoms with Crippen LogP contribution in [0, 0.1) is 0 Å². The van der Waals surface area contributed by atoms with Gasteiger partial charge < -0.3 is 25.1 Å². The van der Waals surface area contributed by atoms with Gasteiger partial charge in [0.05, 0.1) is 12.2 Å². The van der Waals surface area contributed by atoms with E-state index in [4.69, 9.17) is 10.2 Å². The van der Waals surface area contributed by atoms with Crippen molar-refractivity contribution in [2.45, 2.75) is 38.0 Å². The standard InChI is InChI=1S/C11H20N2O5/c1-7(14)3-4-12(2)11(18)13-6-8(15)5-9(13)10(16)17/h7-9,14-15H,3-6H2,1-2H3,(H,16,17). The van der Waals surface area contributed by atoms with Gasteiger partial charge in [0.1, 0.15) is 6.04 Å². The van der Waals surface area contributed by atoms with Crippen molar-refractivity contribution in [1.82, 2.24) is 9.80 Å². The zero-order chi connectivity index (χ0) is 13.9. The van der Waals surface area contributed by atoms with Crippen LogP contribution in [-0.2, 0) is 4.79 Å². The number of amides is 2. The number of aliphatic hydroxyl groups excluding tert-OH is 2. The third-order valence-electron chi connectivity index (χ3n) is 3.02. The summed E-state index contributed by atoms with van der Waals surface area (Å²) in [5.41, 5.74) is 0. The Balaban J connectivity index is 2.61. The third-order valence-corrected chi connectivity index (χ3v) is 3.02. The Hall–Kier alpha value is -1.34. The number of urea groups is 1. The first kappa shape index (κ1) is 14.7. The molecule has 1 fully saturated rings. The van der Waals surface area contributed by atoms with Gasteiger partial charge in [0.2, 0.25) is 0 Å². The first-order valence-electron chi connectivity index (χ1n) is 5.93. The van der Waals surface area contributed by atoms with Crippen LogP contribution in [0.4, 0.5) is 4.79 Å². The van der Waals surface area contributed by atoms with Crippen molar-refractivity contribution < 1.29 is 24.9 Å². The Bertz CT molecular complexity index is 321. The van der Waals surface area contributed by atoms with Crippen molar-refractivity contribution in [1.29, 1.82) is 0 Å². The number of carbonyl (C=O) groups excluding carboxylic acids is 1. The predicted molar refractivity (Wildman–Crippen MR) is 63.1 cm³/mol. The summed E-state index contributed by atoms with van der Waals surface area (Å²) in [5, 5.41) is 27.6. The summed E-state index contributed by atoms with van der Waals surface area (Å²) in [6.07, 6.45) is -0.818. The number of carbonyl (C=O) groups is 2. The number of hydrogen-bond donors (Lipinski definition) is 3. The fourth-order valence-corrected chi connectivity index (χ4v) is 1.95. The molecule has 3 atom stereocenters. The summed E-state index contributed by atoms with van der Waals surface area (Å²) >= 11 is 0. The molecule has 3 unspecified atom stereocenters. The Morgan fingerprint density at radius 1 is 1.50 bits per heavy atom. The molecule has 0 saturated carbocycles. The van der Waals surface area contributed by atoms with E-state index in [1.165, 1.54) is 4.90 Å². The first-order chi connectivity index (χ1) is 8.32. The highest BCUT2D eigenvalue weighted by molar-refractivity contribution is 5.83. The van der Waals surface area contributed by atoms with Crippen LogP contribution in [0.3, 0.4) is 0 Å². The van der Waals surface area contributed by atoms with Crippen molar-refractivity contribution in [3.05, 3.63) is 0 Å². The molecule has 0 aromatic rings. The molecule has 0 bridgehead atoms. The van der Waals surface area contributed by atoms with E-state index in [9.17, 15) is 14.7 Å². The summed E-state index contributed by atoms with van der Waals surface area (Å²) in [7, 11) is 1.55. The molecule has 0 spiro atoms. The number of likely N-dealkylation sites (tertiary alicyclic amines) is 1. The van der Waals surface area contributed by atoms with Gasteiger partial charge in [-0.05, 0) is 13.3 Å². The average Bonchev–Trinajstić information content (AvgIpc) is 2.67. The Morgan fingerprint density at radius 2 is 2.11 bits per heavy atom. The van der Waals surface area contributed by atoms with Gasteiger partial charge in [0.25, 0.3) is 0 Å². The summed E-state index contributed by atoms with van der Waals surface area (Å²) in [5.74, 6) is -1.11. The smallest absolute Gasteiger partial charge is 0.326 e. The predicted octanol–water partition coefficient (Wildman–Crippen LogP) is -0.671. The van der Waals surface area contributed by atoms with Crippen molar-refractivity contribution in [3.8, 4) is 0 Å². The lowest BCUT2D eigenvalue weighted by molar-refractivity contribution is -0.141. The molecule has 1 rings (SSSR count). The highest BCUT2D eigenvalue weighted by Crippen LogP contribution is 2.19. The molecule has 7 nitrogen and oxygen atoms in total. The minimum atomic E-state index is -1.11. The van der Waals surface area contributed by atoms with E-state index in [0.29, 0.717) is 13.0 Å². The van der Waals surface area contributed by atoms with E-state index in [-0.39, 0.29) is 13.0 Å². The summed E-state index contributed by atoms with van der Waals surface area (Å²) in [6.45, 7) is 2.00. The molecule has 2 amide bonds. The van der Waals surface area contributed by atoms with E-state index in [2.05, 4.69) is 0 Å². The van der Waals surface area contributed by atoms with Crippen LogP contribution >= 0.6 is 0 Å². The normalized spacial score (nSPS) is 25.0. The lowest BCUT2D eigenvalue weighted by Crippen LogP contribution is -2.47. The largest absolute Gasteiger partial charge is 0.480 e. The Morgan fingerprint density at radius 3 is 2.61 bits per heavy atom. The van der Waals surface area contributed by atoms with Gasteiger partial charge in [0, 0.05) is 26.6 Å². The lowest BCUT2D eigenvalue weighted by atomic mass is 10.2. The lowest BCUT2D eigenvalue weighted by Gasteiger charge is -2.27. The fraction of sp³-hybridized carbons (Fsp3) is 0.818. The molecule has 3 N–H and O–H groups in total. The number of β-amino-alcohol motifs (C(OH)–C–C–N with tert-alkyl or cyclic N) is 1. The molecular weight excluding hydrogens is 240 g/mol. The number of rotatable bonds is 4. The number of aliphatic carboxylic acids is 1. The second-order valence-corrected chi connectivity index (χ2v) is 4.74. The molecular formula is C11H20N2O5. The highest BCUT2D eigenvalue weighted by atomic mass is 16.4. The Labute approximate surface area is 106 Å². The molecule has 0 aliphatic carbocycles. The van der Waals surface area contributed by atoms with E-state index >= 15 is 0 Å². The topological polar surface area (TPSA) is 101 Å². The molecule has 0 aromatic heterocycles. The van der Waals surface area contributed by atoms with Crippen molar-refractivity contribution in [2.24, 2.45) is 0 Å². The molecule has 0 aromatic carbocycles. The third kappa shape index (κ3) is 3.58. The first-order valence-corrected chi connectivity index (χ1v) is 5.93. The molecule has 1 saturated heterocycles. The van der Waals surface area contributed by atoms with E-state index in [1.807, 2.05) is 0 Å². The van der Waals surface area contributed by atoms with E-state index < -0.39 is 30.3 Å². The van der Waals surface area contributed by atoms with Gasteiger partial charge in [-0.2, -0.15) is 0 Å². The van der Waals surface area contributed by atoms with Crippen LogP contribution in [-0.4, -0.2) is 75.5 Å². The maximum Gasteiger partial charge on any atom is 0.326 e. The SMILES string of the molecule is CC(O)CCN(C)C(=O)N1CC(O)CC1C(=O)O. The number of aliphatic hydroxyl groups is 2. The van der Waals surface area contributed by atoms with Crippen LogP contribution in [0.2, 0.25) is 0 Å². The van der Waals surface area contributed by atoms with Gasteiger partial charge in [-0.25, -0.2) is 9.59 Å². The number of nitrogens with zero attached hydrogens (tertiary/aromatic N) is 2. The summed E-state index contributed by atoms with van der Waals surface area (Å²) < 4.78 is 0. The molecule has 7 heteroatoms. The van der Waals surface area contributed by atoms with E-state index in [0.717, 1.165) is 4.90 Å². The van der Waals surface area contributed by atoms with Crippen LogP contribution < -0.4 is 0 Å². The molecule has 104 valence electrons. The zero-order valence-corrected chi connectivity index (χ0v) is 10.6. The van der Waals surface area contributed by atoms with Gasteiger partial charge in [-0.15, -0.1) is 0 Å². The van der Waals surface area contributed by atoms with E-state index in [1.54, 1.807) is 14.0 Å². The maximum atomic E-state index is 12.0. The Kier molecular flexibility index (Phi) is 4.92. The van der Waals surface area contributed by atoms with Gasteiger partial charge in [-0.1, -0.05) is 0 Å². The molecule has 1 aliphatic rings. The fourth-order valence-electron chi connectivity index (χ4n) is 1.95. The quantitative estimate of drug-likeness (QED) is 0.622. The number of carboxylic acid groups (broad SMARTS) is 1. The minimum absolute atomic E-state index is 0.0365. The minimum Gasteiger partial charge on any atom is -0.480 e. The number of carboxylic acids is 1. The summed E-state index contributed by atoms with van der Waals surface area (Å²) in [6, 6.07) is -1.40. The molecule has 1 aliphatic heterocycles. The zero-order valence-electron chi connectivity index (χ0n) is 10.6. The average molecular weight is 260 g/mol. The van der Waals surface area contributed by atoms with Crippen LogP contribution in [0.15, 0.2) is 0 Å². The molecule has 0 radical (unpaired) electrons. The second-order valence-electron chi connectivity index (χ2n) is 4.74. The van der Waals surface area contributed by atoms with Crippen molar-refractivity contribution in [3.63, 3.8) is 0 Å². The highest BCUT2D eigenvalue weighted by Gasteiger charge is 2.39. The van der Waals surface area contributed by atoms with Gasteiger partial charge in [0.15, 0.2) is 0 Å². The van der Waals surface area contributed by atoms with Crippen LogP contribution in [0.5, 0.6) is 0 Å². The van der Waals surface area contributed by atoms with Gasteiger partial charge >= 0.3 is 12.0 Å². The summed E-state index contributed by atoms with van der Waals surface area (Å²) in [4.78, 5) is 25.5.